The SMILES string of the molecule is CC(C)[CH2][Al][CH2]c1ccccc1.F. The molecule has 0 amide bonds. The maximum absolute atomic E-state index is 2.30. The van der Waals surface area contributed by atoms with Crippen LogP contribution in [-0.4, -0.2) is 15.2 Å². The van der Waals surface area contributed by atoms with Crippen LogP contribution in [0.1, 0.15) is 19.4 Å². The summed E-state index contributed by atoms with van der Waals surface area (Å²) in [6, 6.07) is 10.8. The van der Waals surface area contributed by atoms with Crippen molar-refractivity contribution in [3.8, 4) is 0 Å². The summed E-state index contributed by atoms with van der Waals surface area (Å²) in [5.41, 5.74) is 1.51. The molecule has 0 unspecified atom stereocenters. The van der Waals surface area contributed by atoms with Crippen LogP contribution in [0, 0.1) is 5.92 Å². The van der Waals surface area contributed by atoms with Crippen molar-refractivity contribution in [2.75, 3.05) is 0 Å². The van der Waals surface area contributed by atoms with Gasteiger partial charge < -0.3 is 0 Å². The van der Waals surface area contributed by atoms with Crippen molar-refractivity contribution in [2.45, 2.75) is 24.4 Å². The molecule has 0 N–H and O–H groups in total. The zero-order valence-electron chi connectivity index (χ0n) is 8.36. The van der Waals surface area contributed by atoms with Crippen molar-refractivity contribution >= 4 is 15.2 Å². The van der Waals surface area contributed by atoms with Crippen LogP contribution in [-0.2, 0) is 5.28 Å². The largest absolute Gasteiger partial charge is 0.269 e. The summed E-state index contributed by atoms with van der Waals surface area (Å²) in [7, 11) is 0. The van der Waals surface area contributed by atoms with Gasteiger partial charge in [0.05, 0.1) is 0 Å². The summed E-state index contributed by atoms with van der Waals surface area (Å²) in [5.74, 6) is 0.878. The Morgan fingerprint density at radius 3 is 2.31 bits per heavy atom. The first-order valence-corrected chi connectivity index (χ1v) is 6.28. The maximum atomic E-state index is 2.30. The normalized spacial score (nSPS) is 9.46. The Bertz CT molecular complexity index is 209. The molecule has 13 heavy (non-hydrogen) atoms. The van der Waals surface area contributed by atoms with Crippen molar-refractivity contribution in [1.82, 2.24) is 0 Å². The van der Waals surface area contributed by atoms with E-state index in [1.165, 1.54) is 16.1 Å². The van der Waals surface area contributed by atoms with Crippen molar-refractivity contribution in [3.63, 3.8) is 0 Å². The van der Waals surface area contributed by atoms with E-state index >= 15 is 0 Å². The van der Waals surface area contributed by atoms with E-state index in [4.69, 9.17) is 0 Å². The maximum Gasteiger partial charge on any atom is 0.207 e. The first-order valence-electron chi connectivity index (χ1n) is 4.64. The molecule has 0 atom stereocenters. The molecule has 0 aliphatic carbocycles. The molecule has 0 aliphatic heterocycles. The van der Waals surface area contributed by atoms with Crippen LogP contribution >= 0.6 is 0 Å². The monoisotopic (exact) mass is 195 g/mol. The number of halogens is 1. The van der Waals surface area contributed by atoms with Gasteiger partial charge in [0.2, 0.25) is 15.2 Å². The fraction of sp³-hybridized carbons (Fsp3) is 0.455. The lowest BCUT2D eigenvalue weighted by Gasteiger charge is -2.02. The van der Waals surface area contributed by atoms with Gasteiger partial charge in [0.15, 0.2) is 0 Å². The Morgan fingerprint density at radius 2 is 1.77 bits per heavy atom. The van der Waals surface area contributed by atoms with Crippen molar-refractivity contribution in [2.24, 2.45) is 5.92 Å². The minimum atomic E-state index is 0. The van der Waals surface area contributed by atoms with Gasteiger partial charge in [0, 0.05) is 0 Å². The summed E-state index contributed by atoms with van der Waals surface area (Å²) in [6.07, 6.45) is 0. The highest BCUT2D eigenvalue weighted by Gasteiger charge is 1.97. The molecule has 0 aromatic heterocycles. The standard InChI is InChI=1S/C7H7.C4H9.Al.FH/c1-7-5-3-2-4-6-7;1-4(2)3;;/h2-6H,1H2;4H,1H2,2-3H3;;1H. The van der Waals surface area contributed by atoms with Crippen LogP contribution in [0.25, 0.3) is 0 Å². The van der Waals surface area contributed by atoms with E-state index < -0.39 is 0 Å². The van der Waals surface area contributed by atoms with E-state index in [0.717, 1.165) is 5.92 Å². The fourth-order valence-corrected chi connectivity index (χ4v) is 2.64. The van der Waals surface area contributed by atoms with Crippen molar-refractivity contribution in [3.05, 3.63) is 35.9 Å². The molecule has 0 aliphatic rings. The first-order chi connectivity index (χ1) is 5.79. The van der Waals surface area contributed by atoms with Crippen LogP contribution < -0.4 is 0 Å². The Labute approximate surface area is 86.4 Å². The first kappa shape index (κ1) is 12.7. The predicted molar refractivity (Wildman–Crippen MR) is 58.0 cm³/mol. The quantitative estimate of drug-likeness (QED) is 0.647. The van der Waals surface area contributed by atoms with E-state index in [0.29, 0.717) is 15.2 Å². The number of rotatable bonds is 4. The highest BCUT2D eigenvalue weighted by molar-refractivity contribution is 6.34. The molecule has 1 radical (unpaired) electrons. The average Bonchev–Trinajstić information content (AvgIpc) is 2.05. The second kappa shape index (κ2) is 7.12. The highest BCUT2D eigenvalue weighted by atomic mass is 27.1. The van der Waals surface area contributed by atoms with Crippen LogP contribution in [0.5, 0.6) is 0 Å². The van der Waals surface area contributed by atoms with E-state index in [2.05, 4.69) is 44.2 Å². The molecule has 71 valence electrons. The Morgan fingerprint density at radius 1 is 1.15 bits per heavy atom. The van der Waals surface area contributed by atoms with Gasteiger partial charge >= 0.3 is 0 Å². The van der Waals surface area contributed by atoms with Gasteiger partial charge in [0.1, 0.15) is 0 Å². The van der Waals surface area contributed by atoms with E-state index in [1.54, 1.807) is 0 Å². The summed E-state index contributed by atoms with van der Waals surface area (Å²) in [4.78, 5) is 0. The number of hydrogen-bond donors (Lipinski definition) is 0. The molecule has 1 aromatic rings. The third-order valence-electron chi connectivity index (χ3n) is 1.86. The van der Waals surface area contributed by atoms with Crippen molar-refractivity contribution < 1.29 is 4.70 Å². The summed E-state index contributed by atoms with van der Waals surface area (Å²) in [5, 5.41) is 2.74. The van der Waals surface area contributed by atoms with E-state index in [1.807, 2.05) is 0 Å². The second-order valence-corrected chi connectivity index (χ2v) is 5.06. The van der Waals surface area contributed by atoms with Crippen LogP contribution in [0.3, 0.4) is 0 Å². The van der Waals surface area contributed by atoms with Crippen LogP contribution in [0.2, 0.25) is 5.28 Å². The van der Waals surface area contributed by atoms with Gasteiger partial charge in [-0.05, 0) is 0 Å². The molecular formula is C11H17AlF. The molecule has 0 nitrogen and oxygen atoms in total. The molecule has 2 heteroatoms. The molecule has 0 saturated heterocycles. The van der Waals surface area contributed by atoms with Gasteiger partial charge in [0.25, 0.3) is 0 Å². The van der Waals surface area contributed by atoms with E-state index in [9.17, 15) is 0 Å². The lowest BCUT2D eigenvalue weighted by Crippen LogP contribution is -2.00. The Hall–Kier alpha value is -0.318. The average molecular weight is 195 g/mol. The molecule has 0 saturated carbocycles. The van der Waals surface area contributed by atoms with Gasteiger partial charge in [-0.1, -0.05) is 60.9 Å². The minimum Gasteiger partial charge on any atom is -0.269 e. The molecule has 0 heterocycles. The Balaban J connectivity index is 0.00000144. The summed E-state index contributed by atoms with van der Waals surface area (Å²) in [6.45, 7) is 4.61. The second-order valence-electron chi connectivity index (χ2n) is 3.61. The van der Waals surface area contributed by atoms with E-state index in [-0.39, 0.29) is 4.70 Å². The predicted octanol–water partition coefficient (Wildman–Crippen LogP) is 3.12. The molecule has 0 bridgehead atoms. The van der Waals surface area contributed by atoms with Gasteiger partial charge in [-0.15, -0.1) is 5.28 Å². The number of hydrogen-bond acceptors (Lipinski definition) is 0. The zero-order chi connectivity index (χ0) is 8.81. The summed E-state index contributed by atoms with van der Waals surface area (Å²) < 4.78 is 0. The minimum absolute atomic E-state index is 0. The van der Waals surface area contributed by atoms with Crippen molar-refractivity contribution in [1.29, 1.82) is 0 Å². The molecule has 0 spiro atoms. The number of benzene rings is 1. The summed E-state index contributed by atoms with van der Waals surface area (Å²) >= 11 is 0.628. The Kier molecular flexibility index (Phi) is 6.95. The highest BCUT2D eigenvalue weighted by Crippen LogP contribution is 2.03. The van der Waals surface area contributed by atoms with Crippen LogP contribution in [0.4, 0.5) is 4.70 Å². The fourth-order valence-electron chi connectivity index (χ4n) is 1.20. The van der Waals surface area contributed by atoms with Gasteiger partial charge in [-0.25, -0.2) is 0 Å². The smallest absolute Gasteiger partial charge is 0.207 e. The molecular weight excluding hydrogens is 178 g/mol. The van der Waals surface area contributed by atoms with Gasteiger partial charge in [-0.3, -0.25) is 4.70 Å². The molecule has 1 rings (SSSR count). The lowest BCUT2D eigenvalue weighted by molar-refractivity contribution is 0.729. The molecule has 0 fully saturated rings. The third-order valence-corrected chi connectivity index (χ3v) is 3.90. The van der Waals surface area contributed by atoms with Crippen LogP contribution in [0.15, 0.2) is 30.3 Å². The lowest BCUT2D eigenvalue weighted by atomic mass is 10.2. The van der Waals surface area contributed by atoms with Gasteiger partial charge in [-0.2, -0.15) is 0 Å². The molecule has 1 aromatic carbocycles. The zero-order valence-corrected chi connectivity index (χ0v) is 9.52. The topological polar surface area (TPSA) is 0 Å². The third kappa shape index (κ3) is 5.85.